The fourth-order valence-corrected chi connectivity index (χ4v) is 3.47. The second kappa shape index (κ2) is 9.99. The first-order valence-corrected chi connectivity index (χ1v) is 10.1. The van der Waals surface area contributed by atoms with Crippen molar-refractivity contribution in [3.8, 4) is 0 Å². The predicted molar refractivity (Wildman–Crippen MR) is 120 cm³/mol. The zero-order chi connectivity index (χ0) is 22.4. The number of rotatable bonds is 6. The molecule has 31 heavy (non-hydrogen) atoms. The average Bonchev–Trinajstić information content (AvgIpc) is 2.76. The predicted octanol–water partition coefficient (Wildman–Crippen LogP) is 3.01. The number of benzene rings is 2. The molecular weight excluding hydrogens is 396 g/mol. The fourth-order valence-electron chi connectivity index (χ4n) is 3.47. The molecule has 1 saturated heterocycles. The molecule has 8 heteroatoms. The van der Waals surface area contributed by atoms with Crippen LogP contribution in [0.3, 0.4) is 0 Å². The molecule has 0 radical (unpaired) electrons. The lowest BCUT2D eigenvalue weighted by molar-refractivity contribution is -0.385. The molecule has 2 aromatic rings. The number of anilines is 1. The number of nitrogens with one attached hydrogen (secondary N) is 1. The zero-order valence-electron chi connectivity index (χ0n) is 17.7. The molecule has 8 nitrogen and oxygen atoms in total. The van der Waals surface area contributed by atoms with Gasteiger partial charge in [-0.2, -0.15) is 0 Å². The summed E-state index contributed by atoms with van der Waals surface area (Å²) in [6.45, 7) is 6.42. The van der Waals surface area contributed by atoms with E-state index in [4.69, 9.17) is 0 Å². The normalized spacial score (nSPS) is 14.6. The molecule has 162 valence electrons. The van der Waals surface area contributed by atoms with Gasteiger partial charge in [0.25, 0.3) is 5.69 Å². The van der Waals surface area contributed by atoms with Gasteiger partial charge in [-0.25, -0.2) is 0 Å². The van der Waals surface area contributed by atoms with Crippen molar-refractivity contribution in [3.05, 3.63) is 75.3 Å². The number of nitrogens with zero attached hydrogens (tertiary/aromatic N) is 3. The Balaban J connectivity index is 1.50. The summed E-state index contributed by atoms with van der Waals surface area (Å²) < 4.78 is 0. The van der Waals surface area contributed by atoms with E-state index in [0.717, 1.165) is 16.8 Å². The van der Waals surface area contributed by atoms with E-state index in [-0.39, 0.29) is 24.0 Å². The lowest BCUT2D eigenvalue weighted by Crippen LogP contribution is -2.50. The maximum Gasteiger partial charge on any atom is 0.276 e. The molecule has 0 saturated carbocycles. The molecule has 2 amide bonds. The van der Waals surface area contributed by atoms with E-state index in [1.807, 2.05) is 36.9 Å². The number of hydrogen-bond acceptors (Lipinski definition) is 5. The highest BCUT2D eigenvalue weighted by Gasteiger charge is 2.21. The van der Waals surface area contributed by atoms with E-state index in [0.29, 0.717) is 31.7 Å². The molecule has 0 unspecified atom stereocenters. The minimum absolute atomic E-state index is 0.0359. The van der Waals surface area contributed by atoms with Crippen LogP contribution in [0.2, 0.25) is 0 Å². The minimum Gasteiger partial charge on any atom is -0.337 e. The maximum atomic E-state index is 12.5. The first-order chi connectivity index (χ1) is 14.8. The van der Waals surface area contributed by atoms with Crippen molar-refractivity contribution in [1.82, 2.24) is 9.80 Å². The Labute approximate surface area is 181 Å². The molecule has 3 rings (SSSR count). The van der Waals surface area contributed by atoms with Gasteiger partial charge in [0.15, 0.2) is 0 Å². The van der Waals surface area contributed by atoms with Gasteiger partial charge in [-0.1, -0.05) is 24.3 Å². The maximum absolute atomic E-state index is 12.5. The summed E-state index contributed by atoms with van der Waals surface area (Å²) >= 11 is 0. The van der Waals surface area contributed by atoms with Crippen molar-refractivity contribution in [2.75, 3.05) is 38.0 Å². The summed E-state index contributed by atoms with van der Waals surface area (Å²) in [6, 6.07) is 12.1. The topological polar surface area (TPSA) is 95.8 Å². The van der Waals surface area contributed by atoms with Crippen molar-refractivity contribution >= 4 is 29.3 Å². The summed E-state index contributed by atoms with van der Waals surface area (Å²) in [5.41, 5.74) is 3.35. The number of carbonyl (C=O) groups is 2. The Morgan fingerprint density at radius 3 is 2.48 bits per heavy atom. The standard InChI is InChI=1S/C23H26N4O4/c1-17-6-5-8-20(18(17)2)24-22(28)16-25-12-14-26(15-13-25)23(29)11-10-19-7-3-4-9-21(19)27(30)31/h3-11H,12-16H2,1-2H3,(H,24,28)/b11-10+. The number of nitro benzene ring substituents is 1. The molecule has 0 atom stereocenters. The Hall–Kier alpha value is -3.52. The molecule has 2 aromatic carbocycles. The van der Waals surface area contributed by atoms with Crippen molar-refractivity contribution in [3.63, 3.8) is 0 Å². The van der Waals surface area contributed by atoms with E-state index in [2.05, 4.69) is 5.32 Å². The van der Waals surface area contributed by atoms with Gasteiger partial charge in [0, 0.05) is 44.0 Å². The molecule has 0 bridgehead atoms. The van der Waals surface area contributed by atoms with Gasteiger partial charge in [0.2, 0.25) is 11.8 Å². The van der Waals surface area contributed by atoms with Crippen LogP contribution >= 0.6 is 0 Å². The summed E-state index contributed by atoms with van der Waals surface area (Å²) in [5.74, 6) is -0.276. The summed E-state index contributed by atoms with van der Waals surface area (Å²) in [4.78, 5) is 39.2. The number of aryl methyl sites for hydroxylation is 1. The molecule has 1 aliphatic rings. The number of para-hydroxylation sites is 1. The Bertz CT molecular complexity index is 1010. The molecule has 1 aliphatic heterocycles. The number of carbonyl (C=O) groups excluding carboxylic acids is 2. The van der Waals surface area contributed by atoms with Gasteiger partial charge in [0.05, 0.1) is 17.0 Å². The molecule has 0 aliphatic carbocycles. The number of piperazine rings is 1. The number of amides is 2. The summed E-state index contributed by atoms with van der Waals surface area (Å²) in [6.07, 6.45) is 2.84. The first kappa shape index (κ1) is 22.2. The number of hydrogen-bond donors (Lipinski definition) is 1. The van der Waals surface area contributed by atoms with Crippen LogP contribution < -0.4 is 5.32 Å². The molecule has 0 spiro atoms. The van der Waals surface area contributed by atoms with Crippen LogP contribution in [0.4, 0.5) is 11.4 Å². The number of nitro groups is 1. The highest BCUT2D eigenvalue weighted by Crippen LogP contribution is 2.20. The average molecular weight is 422 g/mol. The third kappa shape index (κ3) is 5.76. The first-order valence-electron chi connectivity index (χ1n) is 10.1. The van der Waals surface area contributed by atoms with E-state index >= 15 is 0 Å². The van der Waals surface area contributed by atoms with Crippen LogP contribution in [0.1, 0.15) is 16.7 Å². The highest BCUT2D eigenvalue weighted by atomic mass is 16.6. The lowest BCUT2D eigenvalue weighted by atomic mass is 10.1. The largest absolute Gasteiger partial charge is 0.337 e. The van der Waals surface area contributed by atoms with Crippen molar-refractivity contribution < 1.29 is 14.5 Å². The van der Waals surface area contributed by atoms with Gasteiger partial charge < -0.3 is 10.2 Å². The minimum atomic E-state index is -0.466. The summed E-state index contributed by atoms with van der Waals surface area (Å²) in [7, 11) is 0. The van der Waals surface area contributed by atoms with Gasteiger partial charge >= 0.3 is 0 Å². The van der Waals surface area contributed by atoms with Crippen molar-refractivity contribution in [2.24, 2.45) is 0 Å². The van der Waals surface area contributed by atoms with E-state index in [9.17, 15) is 19.7 Å². The van der Waals surface area contributed by atoms with Crippen LogP contribution in [-0.2, 0) is 9.59 Å². The van der Waals surface area contributed by atoms with Gasteiger partial charge in [0.1, 0.15) is 0 Å². The Morgan fingerprint density at radius 2 is 1.77 bits per heavy atom. The Morgan fingerprint density at radius 1 is 1.06 bits per heavy atom. The van der Waals surface area contributed by atoms with E-state index in [1.165, 1.54) is 18.2 Å². The van der Waals surface area contributed by atoms with Gasteiger partial charge in [-0.05, 0) is 43.2 Å². The quantitative estimate of drug-likeness (QED) is 0.439. The van der Waals surface area contributed by atoms with Crippen LogP contribution in [0.15, 0.2) is 48.5 Å². The molecule has 1 fully saturated rings. The molecule has 0 aromatic heterocycles. The van der Waals surface area contributed by atoms with Crippen LogP contribution in [0.25, 0.3) is 6.08 Å². The third-order valence-electron chi connectivity index (χ3n) is 5.47. The lowest BCUT2D eigenvalue weighted by Gasteiger charge is -2.33. The van der Waals surface area contributed by atoms with E-state index < -0.39 is 4.92 Å². The third-order valence-corrected chi connectivity index (χ3v) is 5.47. The second-order valence-electron chi connectivity index (χ2n) is 7.55. The molecule has 1 heterocycles. The van der Waals surface area contributed by atoms with Crippen LogP contribution in [-0.4, -0.2) is 59.3 Å². The smallest absolute Gasteiger partial charge is 0.276 e. The van der Waals surface area contributed by atoms with Crippen LogP contribution in [0.5, 0.6) is 0 Å². The van der Waals surface area contributed by atoms with Gasteiger partial charge in [-0.3, -0.25) is 24.6 Å². The van der Waals surface area contributed by atoms with Crippen molar-refractivity contribution in [1.29, 1.82) is 0 Å². The van der Waals surface area contributed by atoms with Gasteiger partial charge in [-0.15, -0.1) is 0 Å². The molecule has 1 N–H and O–H groups in total. The van der Waals surface area contributed by atoms with Crippen molar-refractivity contribution in [2.45, 2.75) is 13.8 Å². The monoisotopic (exact) mass is 422 g/mol. The molecular formula is C23H26N4O4. The summed E-state index contributed by atoms with van der Waals surface area (Å²) in [5, 5.41) is 14.0. The Kier molecular flexibility index (Phi) is 7.15. The zero-order valence-corrected chi connectivity index (χ0v) is 17.7. The fraction of sp³-hybridized carbons (Fsp3) is 0.304. The van der Waals surface area contributed by atoms with Crippen LogP contribution in [0, 0.1) is 24.0 Å². The second-order valence-corrected chi connectivity index (χ2v) is 7.55. The van der Waals surface area contributed by atoms with E-state index in [1.54, 1.807) is 23.1 Å². The highest BCUT2D eigenvalue weighted by molar-refractivity contribution is 5.93. The SMILES string of the molecule is Cc1cccc(NC(=O)CN2CCN(C(=O)/C=C/c3ccccc3[N+](=O)[O-])CC2)c1C.